The van der Waals surface area contributed by atoms with Crippen molar-refractivity contribution in [3.63, 3.8) is 0 Å². The maximum Gasteiger partial charge on any atom is 0.392 e. The Morgan fingerprint density at radius 2 is 1.86 bits per heavy atom. The molecule has 0 amide bonds. The molecule has 1 saturated carbocycles. The molecule has 1 aliphatic carbocycles. The summed E-state index contributed by atoms with van der Waals surface area (Å²) in [6, 6.07) is 0.384. The Morgan fingerprint density at radius 3 is 2.14 bits per heavy atom. The van der Waals surface area contributed by atoms with Crippen LogP contribution >= 0.6 is 0 Å². The van der Waals surface area contributed by atoms with Gasteiger partial charge in [0.15, 0.2) is 0 Å². The fourth-order valence-electron chi connectivity index (χ4n) is 2.71. The number of alkyl halides is 3. The highest BCUT2D eigenvalue weighted by Gasteiger charge is 2.63. The molecule has 1 saturated heterocycles. The van der Waals surface area contributed by atoms with Gasteiger partial charge in [0, 0.05) is 24.5 Å². The molecule has 82 valence electrons. The molecule has 0 aromatic carbocycles. The van der Waals surface area contributed by atoms with Crippen LogP contribution in [-0.4, -0.2) is 30.2 Å². The molecule has 2 rings (SSSR count). The van der Waals surface area contributed by atoms with Gasteiger partial charge in [0.05, 0.1) is 5.92 Å². The molecule has 0 radical (unpaired) electrons. The van der Waals surface area contributed by atoms with E-state index >= 15 is 0 Å². The third-order valence-electron chi connectivity index (χ3n) is 3.83. The maximum atomic E-state index is 12.5. The first-order chi connectivity index (χ1) is 6.35. The number of halogens is 3. The highest BCUT2D eigenvalue weighted by Crippen LogP contribution is 2.59. The minimum absolute atomic E-state index is 0.343. The predicted molar refractivity (Wildman–Crippen MR) is 47.9 cm³/mol. The average Bonchev–Trinajstić information content (AvgIpc) is 1.74. The highest BCUT2D eigenvalue weighted by molar-refractivity contribution is 5.08. The summed E-state index contributed by atoms with van der Waals surface area (Å²) in [6.45, 7) is 5.37. The summed E-state index contributed by atoms with van der Waals surface area (Å²) in [7, 11) is 0. The quantitative estimate of drug-likeness (QED) is 0.639. The van der Waals surface area contributed by atoms with Crippen LogP contribution in [0, 0.1) is 11.3 Å². The maximum absolute atomic E-state index is 12.5. The minimum atomic E-state index is -3.97. The molecule has 14 heavy (non-hydrogen) atoms. The van der Waals surface area contributed by atoms with Crippen molar-refractivity contribution in [2.45, 2.75) is 38.9 Å². The van der Waals surface area contributed by atoms with Crippen molar-refractivity contribution in [1.29, 1.82) is 0 Å². The van der Waals surface area contributed by atoms with Crippen LogP contribution in [0.3, 0.4) is 0 Å². The highest BCUT2D eigenvalue weighted by atomic mass is 19.4. The number of likely N-dealkylation sites (tertiary alicyclic amines) is 1. The summed E-state index contributed by atoms with van der Waals surface area (Å²) in [5.74, 6) is -1.02. The third-order valence-corrected chi connectivity index (χ3v) is 3.83. The third kappa shape index (κ3) is 1.35. The van der Waals surface area contributed by atoms with E-state index in [0.717, 1.165) is 6.42 Å². The Balaban J connectivity index is 1.96. The lowest BCUT2D eigenvalue weighted by atomic mass is 9.55. The molecule has 1 unspecified atom stereocenters. The SMILES string of the molecule is CC(C)N1CC2(CCC2C(F)(F)F)C1. The smallest absolute Gasteiger partial charge is 0.300 e. The fourth-order valence-corrected chi connectivity index (χ4v) is 2.71. The molecule has 0 aromatic rings. The summed E-state index contributed by atoms with van der Waals surface area (Å²) in [5, 5.41) is 0. The van der Waals surface area contributed by atoms with Gasteiger partial charge in [-0.2, -0.15) is 13.2 Å². The monoisotopic (exact) mass is 207 g/mol. The topological polar surface area (TPSA) is 3.24 Å². The first-order valence-corrected chi connectivity index (χ1v) is 5.16. The van der Waals surface area contributed by atoms with Crippen LogP contribution in [0.4, 0.5) is 13.2 Å². The Morgan fingerprint density at radius 1 is 1.29 bits per heavy atom. The van der Waals surface area contributed by atoms with E-state index in [1.165, 1.54) is 0 Å². The molecule has 1 spiro atoms. The van der Waals surface area contributed by atoms with Gasteiger partial charge < -0.3 is 0 Å². The molecule has 0 aromatic heterocycles. The zero-order chi connectivity index (χ0) is 10.6. The molecule has 1 aliphatic heterocycles. The lowest BCUT2D eigenvalue weighted by Gasteiger charge is -2.62. The van der Waals surface area contributed by atoms with Gasteiger partial charge in [-0.3, -0.25) is 4.90 Å². The van der Waals surface area contributed by atoms with Crippen LogP contribution in [0.15, 0.2) is 0 Å². The average molecular weight is 207 g/mol. The van der Waals surface area contributed by atoms with Crippen molar-refractivity contribution >= 4 is 0 Å². The summed E-state index contributed by atoms with van der Waals surface area (Å²) in [5.41, 5.74) is -0.400. The van der Waals surface area contributed by atoms with Crippen LogP contribution in [0.2, 0.25) is 0 Å². The number of nitrogens with zero attached hydrogens (tertiary/aromatic N) is 1. The Hall–Kier alpha value is -0.250. The van der Waals surface area contributed by atoms with Crippen LogP contribution < -0.4 is 0 Å². The van der Waals surface area contributed by atoms with Gasteiger partial charge in [0.2, 0.25) is 0 Å². The minimum Gasteiger partial charge on any atom is -0.300 e. The first-order valence-electron chi connectivity index (χ1n) is 5.16. The first kappa shape index (κ1) is 10.3. The van der Waals surface area contributed by atoms with Crippen LogP contribution in [0.5, 0.6) is 0 Å². The predicted octanol–water partition coefficient (Wildman–Crippen LogP) is 2.67. The zero-order valence-corrected chi connectivity index (χ0v) is 8.56. The van der Waals surface area contributed by atoms with E-state index in [-0.39, 0.29) is 0 Å². The van der Waals surface area contributed by atoms with E-state index in [4.69, 9.17) is 0 Å². The van der Waals surface area contributed by atoms with Crippen molar-refractivity contribution < 1.29 is 13.2 Å². The summed E-state index contributed by atoms with van der Waals surface area (Å²) in [4.78, 5) is 2.12. The zero-order valence-electron chi connectivity index (χ0n) is 8.56. The van der Waals surface area contributed by atoms with Crippen molar-refractivity contribution in [2.24, 2.45) is 11.3 Å². The van der Waals surface area contributed by atoms with Gasteiger partial charge in [0.25, 0.3) is 0 Å². The molecular formula is C10H16F3N. The van der Waals surface area contributed by atoms with Gasteiger partial charge in [-0.05, 0) is 26.7 Å². The molecular weight excluding hydrogens is 191 g/mol. The van der Waals surface area contributed by atoms with Crippen LogP contribution in [0.25, 0.3) is 0 Å². The second-order valence-corrected chi connectivity index (χ2v) is 4.99. The van der Waals surface area contributed by atoms with Gasteiger partial charge in [-0.15, -0.1) is 0 Å². The normalized spacial score (nSPS) is 31.7. The summed E-state index contributed by atoms with van der Waals surface area (Å²) in [6.07, 6.45) is -2.86. The van der Waals surface area contributed by atoms with Crippen molar-refractivity contribution in [3.8, 4) is 0 Å². The molecule has 0 bridgehead atoms. The van der Waals surface area contributed by atoms with Gasteiger partial charge in [0.1, 0.15) is 0 Å². The van der Waals surface area contributed by atoms with Crippen molar-refractivity contribution in [1.82, 2.24) is 4.90 Å². The lowest BCUT2D eigenvalue weighted by molar-refractivity contribution is -0.273. The second kappa shape index (κ2) is 2.87. The van der Waals surface area contributed by atoms with E-state index in [0.29, 0.717) is 25.6 Å². The van der Waals surface area contributed by atoms with Gasteiger partial charge in [-0.25, -0.2) is 0 Å². The Bertz CT molecular complexity index is 228. The van der Waals surface area contributed by atoms with Gasteiger partial charge in [-0.1, -0.05) is 0 Å². The standard InChI is InChI=1S/C10H16F3N/c1-7(2)14-5-9(6-14)4-3-8(9)10(11,12)13/h7-8H,3-6H2,1-2H3. The van der Waals surface area contributed by atoms with E-state index < -0.39 is 17.5 Å². The van der Waals surface area contributed by atoms with E-state index in [2.05, 4.69) is 4.90 Å². The Labute approximate surface area is 82.3 Å². The largest absolute Gasteiger partial charge is 0.392 e. The molecule has 1 nitrogen and oxygen atoms in total. The number of rotatable bonds is 1. The number of hydrogen-bond donors (Lipinski definition) is 0. The molecule has 1 heterocycles. The van der Waals surface area contributed by atoms with Gasteiger partial charge >= 0.3 is 6.18 Å². The molecule has 4 heteroatoms. The van der Waals surface area contributed by atoms with E-state index in [1.54, 1.807) is 0 Å². The van der Waals surface area contributed by atoms with Crippen molar-refractivity contribution in [2.75, 3.05) is 13.1 Å². The molecule has 0 N–H and O–H groups in total. The molecule has 2 aliphatic rings. The van der Waals surface area contributed by atoms with E-state index in [9.17, 15) is 13.2 Å². The van der Waals surface area contributed by atoms with Crippen LogP contribution in [0.1, 0.15) is 26.7 Å². The molecule has 1 atom stereocenters. The second-order valence-electron chi connectivity index (χ2n) is 4.99. The Kier molecular flexibility index (Phi) is 2.11. The summed E-state index contributed by atoms with van der Waals surface area (Å²) < 4.78 is 37.6. The van der Waals surface area contributed by atoms with E-state index in [1.807, 2.05) is 13.8 Å². The van der Waals surface area contributed by atoms with Crippen LogP contribution in [-0.2, 0) is 0 Å². The fraction of sp³-hybridized carbons (Fsp3) is 1.00. The van der Waals surface area contributed by atoms with Crippen molar-refractivity contribution in [3.05, 3.63) is 0 Å². The lowest BCUT2D eigenvalue weighted by Crippen LogP contribution is -2.68. The summed E-state index contributed by atoms with van der Waals surface area (Å²) >= 11 is 0. The molecule has 2 fully saturated rings. The number of hydrogen-bond acceptors (Lipinski definition) is 1.